The summed E-state index contributed by atoms with van der Waals surface area (Å²) < 4.78 is 0. The van der Waals surface area contributed by atoms with Gasteiger partial charge in [-0.1, -0.05) is 31.4 Å². The van der Waals surface area contributed by atoms with Crippen LogP contribution in [0.1, 0.15) is 37.7 Å². The number of nitrogens with one attached hydrogen (secondary N) is 1. The molecule has 0 heterocycles. The van der Waals surface area contributed by atoms with Gasteiger partial charge in [-0.05, 0) is 18.9 Å². The fourth-order valence-corrected chi connectivity index (χ4v) is 2.49. The first-order valence-corrected chi connectivity index (χ1v) is 6.60. The van der Waals surface area contributed by atoms with Crippen molar-refractivity contribution in [1.29, 1.82) is 0 Å². The van der Waals surface area contributed by atoms with E-state index in [1.54, 1.807) is 12.1 Å². The Hall–Kier alpha value is -1.26. The molecule has 18 heavy (non-hydrogen) atoms. The summed E-state index contributed by atoms with van der Waals surface area (Å²) in [6, 6.07) is 5.01. The average Bonchev–Trinajstić information content (AvgIpc) is 2.56. The molecule has 1 aromatic carbocycles. The molecule has 4 nitrogen and oxygen atoms in total. The van der Waals surface area contributed by atoms with E-state index in [2.05, 4.69) is 5.32 Å². The van der Waals surface area contributed by atoms with Crippen LogP contribution in [-0.4, -0.2) is 27.5 Å². The van der Waals surface area contributed by atoms with E-state index in [4.69, 9.17) is 0 Å². The maximum Gasteiger partial charge on any atom is 0.161 e. The lowest BCUT2D eigenvalue weighted by Crippen LogP contribution is -2.38. The summed E-state index contributed by atoms with van der Waals surface area (Å²) in [5.41, 5.74) is 0.659. The quantitative estimate of drug-likeness (QED) is 0.489. The van der Waals surface area contributed by atoms with Crippen molar-refractivity contribution < 1.29 is 15.3 Å². The molecular weight excluding hydrogens is 230 g/mol. The Kier molecular flexibility index (Phi) is 4.44. The number of aromatic hydroxyl groups is 2. The highest BCUT2D eigenvalue weighted by Gasteiger charge is 2.21. The molecule has 2 atom stereocenters. The Morgan fingerprint density at radius 2 is 1.89 bits per heavy atom. The maximum absolute atomic E-state index is 9.98. The van der Waals surface area contributed by atoms with Crippen LogP contribution in [0.3, 0.4) is 0 Å². The molecule has 0 amide bonds. The summed E-state index contributed by atoms with van der Waals surface area (Å²) in [7, 11) is 0. The minimum absolute atomic E-state index is 0.0758. The number of hydrogen-bond acceptors (Lipinski definition) is 4. The zero-order chi connectivity index (χ0) is 13.0. The van der Waals surface area contributed by atoms with Crippen LogP contribution in [-0.2, 0) is 6.54 Å². The third kappa shape index (κ3) is 3.15. The first-order chi connectivity index (χ1) is 8.68. The van der Waals surface area contributed by atoms with Gasteiger partial charge in [-0.25, -0.2) is 0 Å². The average molecular weight is 251 g/mol. The number of hydrogen-bond donors (Lipinski definition) is 4. The van der Waals surface area contributed by atoms with E-state index in [9.17, 15) is 15.3 Å². The summed E-state index contributed by atoms with van der Waals surface area (Å²) >= 11 is 0. The van der Waals surface area contributed by atoms with Crippen LogP contribution in [0.15, 0.2) is 18.2 Å². The number of phenols is 2. The van der Waals surface area contributed by atoms with E-state index in [1.165, 1.54) is 12.5 Å². The number of aliphatic hydroxyl groups is 1. The number of rotatable bonds is 3. The highest BCUT2D eigenvalue weighted by molar-refractivity contribution is 5.44. The van der Waals surface area contributed by atoms with E-state index >= 15 is 0 Å². The Morgan fingerprint density at radius 3 is 2.72 bits per heavy atom. The van der Waals surface area contributed by atoms with Gasteiger partial charge in [0.25, 0.3) is 0 Å². The third-order valence-electron chi connectivity index (χ3n) is 3.63. The van der Waals surface area contributed by atoms with Crippen molar-refractivity contribution in [1.82, 2.24) is 5.32 Å². The molecule has 1 aliphatic carbocycles. The standard InChI is InChI=1S/C14H21NO3/c16-12-7-3-1-2-6-11(12)15-9-10-5-4-8-13(17)14(10)18/h4-5,8,11-12,15-18H,1-3,6-7,9H2. The Balaban J connectivity index is 1.95. The van der Waals surface area contributed by atoms with Gasteiger partial charge >= 0.3 is 0 Å². The monoisotopic (exact) mass is 251 g/mol. The zero-order valence-electron chi connectivity index (χ0n) is 10.5. The fraction of sp³-hybridized carbons (Fsp3) is 0.571. The zero-order valence-corrected chi connectivity index (χ0v) is 10.5. The molecule has 0 aliphatic heterocycles. The molecule has 0 radical (unpaired) electrons. The SMILES string of the molecule is Oc1cccc(CNC2CCCCCC2O)c1O. The predicted molar refractivity (Wildman–Crippen MR) is 69.5 cm³/mol. The van der Waals surface area contributed by atoms with Gasteiger partial charge in [-0.2, -0.15) is 0 Å². The molecule has 2 unspecified atom stereocenters. The third-order valence-corrected chi connectivity index (χ3v) is 3.63. The largest absolute Gasteiger partial charge is 0.504 e. The molecule has 100 valence electrons. The van der Waals surface area contributed by atoms with Crippen molar-refractivity contribution >= 4 is 0 Å². The van der Waals surface area contributed by atoms with Crippen molar-refractivity contribution in [2.45, 2.75) is 50.8 Å². The van der Waals surface area contributed by atoms with Crippen LogP contribution >= 0.6 is 0 Å². The second-order valence-corrected chi connectivity index (χ2v) is 4.98. The van der Waals surface area contributed by atoms with Crippen molar-refractivity contribution in [2.24, 2.45) is 0 Å². The van der Waals surface area contributed by atoms with Gasteiger partial charge in [0.05, 0.1) is 6.10 Å². The molecule has 4 heteroatoms. The lowest BCUT2D eigenvalue weighted by atomic mass is 10.1. The number of aliphatic hydroxyl groups excluding tert-OH is 1. The van der Waals surface area contributed by atoms with Gasteiger partial charge in [0, 0.05) is 18.2 Å². The molecule has 0 bridgehead atoms. The lowest BCUT2D eigenvalue weighted by molar-refractivity contribution is 0.119. The van der Waals surface area contributed by atoms with E-state index in [0.29, 0.717) is 12.1 Å². The van der Waals surface area contributed by atoms with Crippen molar-refractivity contribution in [3.8, 4) is 11.5 Å². The van der Waals surface area contributed by atoms with Crippen LogP contribution in [0.25, 0.3) is 0 Å². The fourth-order valence-electron chi connectivity index (χ4n) is 2.49. The number of phenolic OH excluding ortho intramolecular Hbond substituents is 2. The van der Waals surface area contributed by atoms with Crippen LogP contribution in [0, 0.1) is 0 Å². The molecule has 2 rings (SSSR count). The second-order valence-electron chi connectivity index (χ2n) is 4.98. The topological polar surface area (TPSA) is 72.7 Å². The molecule has 1 fully saturated rings. The minimum Gasteiger partial charge on any atom is -0.504 e. The summed E-state index contributed by atoms with van der Waals surface area (Å²) in [4.78, 5) is 0. The molecule has 1 aliphatic rings. The Morgan fingerprint density at radius 1 is 1.11 bits per heavy atom. The molecule has 0 aromatic heterocycles. The van der Waals surface area contributed by atoms with Crippen LogP contribution < -0.4 is 5.32 Å². The van der Waals surface area contributed by atoms with Gasteiger partial charge in [-0.3, -0.25) is 0 Å². The van der Waals surface area contributed by atoms with Gasteiger partial charge < -0.3 is 20.6 Å². The number of para-hydroxylation sites is 1. The van der Waals surface area contributed by atoms with E-state index in [-0.39, 0.29) is 23.6 Å². The maximum atomic E-state index is 9.98. The van der Waals surface area contributed by atoms with E-state index < -0.39 is 0 Å². The molecule has 0 spiro atoms. The highest BCUT2D eigenvalue weighted by atomic mass is 16.3. The Labute approximate surface area is 107 Å². The summed E-state index contributed by atoms with van der Waals surface area (Å²) in [5.74, 6) is -0.177. The van der Waals surface area contributed by atoms with Crippen molar-refractivity contribution in [3.63, 3.8) is 0 Å². The summed E-state index contributed by atoms with van der Waals surface area (Å²) in [6.07, 6.45) is 4.86. The summed E-state index contributed by atoms with van der Waals surface area (Å²) in [5, 5.41) is 32.4. The molecule has 1 aromatic rings. The summed E-state index contributed by atoms with van der Waals surface area (Å²) in [6.45, 7) is 0.460. The predicted octanol–water partition coefficient (Wildman–Crippen LogP) is 1.88. The van der Waals surface area contributed by atoms with Gasteiger partial charge in [-0.15, -0.1) is 0 Å². The van der Waals surface area contributed by atoms with Gasteiger partial charge in [0.2, 0.25) is 0 Å². The number of benzene rings is 1. The molecule has 4 N–H and O–H groups in total. The van der Waals surface area contributed by atoms with E-state index in [1.807, 2.05) is 0 Å². The first-order valence-electron chi connectivity index (χ1n) is 6.60. The lowest BCUT2D eigenvalue weighted by Gasteiger charge is -2.22. The van der Waals surface area contributed by atoms with Crippen molar-refractivity contribution in [3.05, 3.63) is 23.8 Å². The minimum atomic E-state index is -0.313. The van der Waals surface area contributed by atoms with Crippen molar-refractivity contribution in [2.75, 3.05) is 0 Å². The van der Waals surface area contributed by atoms with Gasteiger partial charge in [0.15, 0.2) is 11.5 Å². The van der Waals surface area contributed by atoms with Crippen LogP contribution in [0.4, 0.5) is 0 Å². The van der Waals surface area contributed by atoms with Crippen LogP contribution in [0.5, 0.6) is 11.5 Å². The van der Waals surface area contributed by atoms with Gasteiger partial charge in [0.1, 0.15) is 0 Å². The second kappa shape index (κ2) is 6.07. The molecule has 1 saturated carbocycles. The molecular formula is C14H21NO3. The normalized spacial score (nSPS) is 24.7. The Bertz CT molecular complexity index is 395. The highest BCUT2D eigenvalue weighted by Crippen LogP contribution is 2.28. The molecule has 0 saturated heterocycles. The van der Waals surface area contributed by atoms with E-state index in [0.717, 1.165) is 25.7 Å². The van der Waals surface area contributed by atoms with Crippen LogP contribution in [0.2, 0.25) is 0 Å². The smallest absolute Gasteiger partial charge is 0.161 e. The first kappa shape index (κ1) is 13.2.